The smallest absolute Gasteiger partial charge is 0.244 e. The van der Waals surface area contributed by atoms with E-state index < -0.39 is 6.04 Å². The Morgan fingerprint density at radius 2 is 1.96 bits per heavy atom. The number of hydrogen-bond donors (Lipinski definition) is 1. The molecule has 0 spiro atoms. The van der Waals surface area contributed by atoms with Crippen LogP contribution in [0.3, 0.4) is 0 Å². The fourth-order valence-corrected chi connectivity index (χ4v) is 3.06. The fourth-order valence-electron chi connectivity index (χ4n) is 3.06. The van der Waals surface area contributed by atoms with Crippen LogP contribution < -0.4 is 5.32 Å². The number of nitrogens with zero attached hydrogens (tertiary/aromatic N) is 4. The lowest BCUT2D eigenvalue weighted by molar-refractivity contribution is -0.136. The van der Waals surface area contributed by atoms with Gasteiger partial charge in [-0.05, 0) is 18.8 Å². The van der Waals surface area contributed by atoms with Crippen molar-refractivity contribution in [2.75, 3.05) is 26.2 Å². The molecule has 1 unspecified atom stereocenters. The molecule has 1 atom stereocenters. The summed E-state index contributed by atoms with van der Waals surface area (Å²) < 4.78 is 5.01. The molecule has 1 aliphatic rings. The summed E-state index contributed by atoms with van der Waals surface area (Å²) in [5, 5.41) is 6.76. The number of rotatable bonds is 5. The van der Waals surface area contributed by atoms with Gasteiger partial charge in [0.2, 0.25) is 17.7 Å². The highest BCUT2D eigenvalue weighted by molar-refractivity contribution is 5.87. The van der Waals surface area contributed by atoms with Gasteiger partial charge < -0.3 is 14.7 Å². The molecule has 1 aromatic rings. The van der Waals surface area contributed by atoms with Crippen LogP contribution in [-0.2, 0) is 16.1 Å². The van der Waals surface area contributed by atoms with Gasteiger partial charge in [0.05, 0.1) is 6.54 Å². The molecule has 26 heavy (non-hydrogen) atoms. The second kappa shape index (κ2) is 8.62. The van der Waals surface area contributed by atoms with Crippen molar-refractivity contribution in [2.24, 2.45) is 5.41 Å². The molecule has 0 bridgehead atoms. The Kier molecular flexibility index (Phi) is 6.75. The lowest BCUT2D eigenvalue weighted by atomic mass is 9.92. The summed E-state index contributed by atoms with van der Waals surface area (Å²) >= 11 is 0. The van der Waals surface area contributed by atoms with Gasteiger partial charge in [-0.25, -0.2) is 0 Å². The number of carbonyl (C=O) groups excluding carboxylic acids is 2. The van der Waals surface area contributed by atoms with Crippen LogP contribution in [0.4, 0.5) is 0 Å². The van der Waals surface area contributed by atoms with E-state index in [2.05, 4.69) is 20.4 Å². The average Bonchev–Trinajstić information content (AvgIpc) is 2.78. The lowest BCUT2D eigenvalue weighted by Crippen LogP contribution is -2.48. The van der Waals surface area contributed by atoms with Gasteiger partial charge in [-0.3, -0.25) is 14.5 Å². The molecular weight excluding hydrogens is 334 g/mol. The van der Waals surface area contributed by atoms with E-state index in [0.29, 0.717) is 37.8 Å². The van der Waals surface area contributed by atoms with Gasteiger partial charge in [-0.2, -0.15) is 4.98 Å². The monoisotopic (exact) mass is 365 g/mol. The Labute approximate surface area is 155 Å². The van der Waals surface area contributed by atoms with Crippen molar-refractivity contribution in [3.63, 3.8) is 0 Å². The highest BCUT2D eigenvalue weighted by Gasteiger charge is 2.26. The van der Waals surface area contributed by atoms with E-state index in [1.165, 1.54) is 0 Å². The van der Waals surface area contributed by atoms with Crippen LogP contribution in [0.15, 0.2) is 4.52 Å². The number of carbonyl (C=O) groups is 2. The zero-order valence-electron chi connectivity index (χ0n) is 16.5. The van der Waals surface area contributed by atoms with Crippen molar-refractivity contribution >= 4 is 11.8 Å². The van der Waals surface area contributed by atoms with Crippen LogP contribution in [0.1, 0.15) is 52.3 Å². The molecule has 1 aliphatic heterocycles. The van der Waals surface area contributed by atoms with Crippen molar-refractivity contribution in [3.8, 4) is 0 Å². The minimum absolute atomic E-state index is 0.0236. The quantitative estimate of drug-likeness (QED) is 0.847. The van der Waals surface area contributed by atoms with Gasteiger partial charge in [-0.15, -0.1) is 0 Å². The predicted molar refractivity (Wildman–Crippen MR) is 97.2 cm³/mol. The first-order chi connectivity index (χ1) is 12.1. The van der Waals surface area contributed by atoms with Gasteiger partial charge in [-0.1, -0.05) is 25.9 Å². The van der Waals surface area contributed by atoms with Crippen LogP contribution in [0.25, 0.3) is 0 Å². The minimum Gasteiger partial charge on any atom is -0.345 e. The standard InChI is InChI=1S/C18H31N5O3/c1-13(19-16(24)11-18(3,4)5)17(25)23-8-6-7-22(9-10-23)12-15-20-14(2)26-21-15/h13H,6-12H2,1-5H3,(H,19,24). The van der Waals surface area contributed by atoms with E-state index >= 15 is 0 Å². The summed E-state index contributed by atoms with van der Waals surface area (Å²) in [4.78, 5) is 33.0. The van der Waals surface area contributed by atoms with Crippen LogP contribution in [-0.4, -0.2) is 64.0 Å². The Morgan fingerprint density at radius 3 is 2.58 bits per heavy atom. The number of amides is 2. The average molecular weight is 365 g/mol. The molecule has 8 heteroatoms. The summed E-state index contributed by atoms with van der Waals surface area (Å²) in [6, 6.07) is -0.503. The zero-order valence-corrected chi connectivity index (χ0v) is 16.5. The molecule has 1 aromatic heterocycles. The fraction of sp³-hybridized carbons (Fsp3) is 0.778. The first-order valence-electron chi connectivity index (χ1n) is 9.24. The summed E-state index contributed by atoms with van der Waals surface area (Å²) in [5.41, 5.74) is -0.0938. The molecule has 2 heterocycles. The number of nitrogens with one attached hydrogen (secondary N) is 1. The van der Waals surface area contributed by atoms with Gasteiger partial charge in [0.15, 0.2) is 5.82 Å². The van der Waals surface area contributed by atoms with Gasteiger partial charge in [0.1, 0.15) is 6.04 Å². The first kappa shape index (κ1) is 20.4. The third-order valence-corrected chi connectivity index (χ3v) is 4.27. The van der Waals surface area contributed by atoms with Gasteiger partial charge in [0, 0.05) is 39.5 Å². The molecule has 1 saturated heterocycles. The van der Waals surface area contributed by atoms with Gasteiger partial charge >= 0.3 is 0 Å². The van der Waals surface area contributed by atoms with Crippen LogP contribution >= 0.6 is 0 Å². The molecular formula is C18H31N5O3. The van der Waals surface area contributed by atoms with E-state index in [1.54, 1.807) is 13.8 Å². The van der Waals surface area contributed by atoms with Crippen LogP contribution in [0.2, 0.25) is 0 Å². The molecule has 0 aromatic carbocycles. The van der Waals surface area contributed by atoms with E-state index in [1.807, 2.05) is 25.7 Å². The maximum Gasteiger partial charge on any atom is 0.244 e. The molecule has 1 N–H and O–H groups in total. The zero-order chi connectivity index (χ0) is 19.3. The molecule has 8 nitrogen and oxygen atoms in total. The Bertz CT molecular complexity index is 623. The Hall–Kier alpha value is -1.96. The van der Waals surface area contributed by atoms with E-state index in [0.717, 1.165) is 19.5 Å². The van der Waals surface area contributed by atoms with Crippen molar-refractivity contribution in [1.82, 2.24) is 25.3 Å². The molecule has 146 valence electrons. The second-order valence-corrected chi connectivity index (χ2v) is 8.21. The van der Waals surface area contributed by atoms with Crippen LogP contribution in [0, 0.1) is 12.3 Å². The maximum atomic E-state index is 12.7. The number of aryl methyl sites for hydroxylation is 1. The molecule has 1 fully saturated rings. The SMILES string of the molecule is Cc1nc(CN2CCCN(C(=O)C(C)NC(=O)CC(C)(C)C)CC2)no1. The largest absolute Gasteiger partial charge is 0.345 e. The third-order valence-electron chi connectivity index (χ3n) is 4.27. The predicted octanol–water partition coefficient (Wildman–Crippen LogP) is 1.35. The molecule has 2 amide bonds. The van der Waals surface area contributed by atoms with Gasteiger partial charge in [0.25, 0.3) is 0 Å². The molecule has 0 radical (unpaired) electrons. The van der Waals surface area contributed by atoms with Crippen molar-refractivity contribution in [1.29, 1.82) is 0 Å². The Balaban J connectivity index is 1.83. The Morgan fingerprint density at radius 1 is 1.23 bits per heavy atom. The normalized spacial score (nSPS) is 17.7. The summed E-state index contributed by atoms with van der Waals surface area (Å²) in [7, 11) is 0. The topological polar surface area (TPSA) is 91.6 Å². The molecule has 0 saturated carbocycles. The first-order valence-corrected chi connectivity index (χ1v) is 9.24. The van der Waals surface area contributed by atoms with Crippen molar-refractivity contribution < 1.29 is 14.1 Å². The maximum absolute atomic E-state index is 12.7. The highest BCUT2D eigenvalue weighted by Crippen LogP contribution is 2.18. The molecule has 2 rings (SSSR count). The third kappa shape index (κ3) is 6.40. The van der Waals surface area contributed by atoms with E-state index in [4.69, 9.17) is 4.52 Å². The van der Waals surface area contributed by atoms with E-state index in [-0.39, 0.29) is 17.2 Å². The summed E-state index contributed by atoms with van der Waals surface area (Å²) in [5.74, 6) is 1.13. The minimum atomic E-state index is -0.503. The molecule has 0 aliphatic carbocycles. The number of hydrogen-bond acceptors (Lipinski definition) is 6. The lowest BCUT2D eigenvalue weighted by Gasteiger charge is -2.26. The van der Waals surface area contributed by atoms with Crippen molar-refractivity contribution in [3.05, 3.63) is 11.7 Å². The van der Waals surface area contributed by atoms with Crippen molar-refractivity contribution in [2.45, 2.75) is 60.0 Å². The van der Waals surface area contributed by atoms with E-state index in [9.17, 15) is 9.59 Å². The second-order valence-electron chi connectivity index (χ2n) is 8.21. The highest BCUT2D eigenvalue weighted by atomic mass is 16.5. The number of aromatic nitrogens is 2. The summed E-state index contributed by atoms with van der Waals surface area (Å²) in [6.45, 7) is 13.1. The summed E-state index contributed by atoms with van der Waals surface area (Å²) in [6.07, 6.45) is 1.29. The van der Waals surface area contributed by atoms with Crippen LogP contribution in [0.5, 0.6) is 0 Å².